The molecule has 0 fully saturated rings. The van der Waals surface area contributed by atoms with Crippen molar-refractivity contribution in [2.24, 2.45) is 9.98 Å². The molecule has 126 valence electrons. The number of anilines is 1. The van der Waals surface area contributed by atoms with Crippen molar-refractivity contribution >= 4 is 11.9 Å². The molecule has 4 nitrogen and oxygen atoms in total. The van der Waals surface area contributed by atoms with E-state index in [1.807, 2.05) is 36.4 Å². The quantitative estimate of drug-likeness (QED) is 0.604. The Morgan fingerprint density at radius 3 is 2.54 bits per heavy atom. The summed E-state index contributed by atoms with van der Waals surface area (Å²) in [6.07, 6.45) is 2.58. The van der Waals surface area contributed by atoms with E-state index in [1.165, 1.54) is 0 Å². The fourth-order valence-corrected chi connectivity index (χ4v) is 2.23. The summed E-state index contributed by atoms with van der Waals surface area (Å²) in [5, 5.41) is 14.1. The second-order valence-corrected chi connectivity index (χ2v) is 5.84. The first kappa shape index (κ1) is 17.7. The van der Waals surface area contributed by atoms with Crippen LogP contribution < -0.4 is 10.7 Å². The van der Waals surface area contributed by atoms with Crippen molar-refractivity contribution in [3.63, 3.8) is 0 Å². The predicted octanol–water partition coefficient (Wildman–Crippen LogP) is 3.62. The Morgan fingerprint density at radius 1 is 1.00 bits per heavy atom. The van der Waals surface area contributed by atoms with E-state index in [0.29, 0.717) is 12.6 Å². The van der Waals surface area contributed by atoms with Crippen LogP contribution in [0, 0.1) is 0 Å². The maximum Gasteiger partial charge on any atom is 0.124 e. The second kappa shape index (κ2) is 9.50. The summed E-state index contributed by atoms with van der Waals surface area (Å²) < 4.78 is 0. The maximum absolute atomic E-state index is 9.67. The Labute approximate surface area is 143 Å². The van der Waals surface area contributed by atoms with E-state index in [-0.39, 0.29) is 5.75 Å². The summed E-state index contributed by atoms with van der Waals surface area (Å²) in [6.45, 7) is 5.63. The molecule has 4 heteroatoms. The third kappa shape index (κ3) is 5.88. The van der Waals surface area contributed by atoms with Gasteiger partial charge in [-0.25, -0.2) is 0 Å². The molecular formula is C20H25N3O. The van der Waals surface area contributed by atoms with Crippen molar-refractivity contribution in [2.75, 3.05) is 18.4 Å². The average molecular weight is 323 g/mol. The molecule has 0 aliphatic heterocycles. The van der Waals surface area contributed by atoms with Crippen molar-refractivity contribution in [1.29, 1.82) is 0 Å². The van der Waals surface area contributed by atoms with Crippen LogP contribution in [0.25, 0.3) is 0 Å². The summed E-state index contributed by atoms with van der Waals surface area (Å²) in [5.41, 5.74) is 1.79. The molecule has 0 heterocycles. The maximum atomic E-state index is 9.67. The van der Waals surface area contributed by atoms with Gasteiger partial charge in [-0.1, -0.05) is 30.3 Å². The molecule has 24 heavy (non-hydrogen) atoms. The van der Waals surface area contributed by atoms with Gasteiger partial charge in [0.15, 0.2) is 0 Å². The third-order valence-electron chi connectivity index (χ3n) is 3.35. The topological polar surface area (TPSA) is 57.0 Å². The van der Waals surface area contributed by atoms with Crippen LogP contribution in [0.1, 0.15) is 25.8 Å². The molecule has 0 unspecified atom stereocenters. The Kier molecular flexibility index (Phi) is 7.02. The minimum absolute atomic E-state index is 0.257. The number of nitrogens with zero attached hydrogens (tertiary/aromatic N) is 2. The summed E-state index contributed by atoms with van der Waals surface area (Å²) in [7, 11) is 0. The highest BCUT2D eigenvalue weighted by molar-refractivity contribution is 5.83. The summed E-state index contributed by atoms with van der Waals surface area (Å²) >= 11 is 0. The van der Waals surface area contributed by atoms with E-state index >= 15 is 0 Å². The minimum atomic E-state index is 0.257. The molecule has 2 aromatic carbocycles. The lowest BCUT2D eigenvalue weighted by molar-refractivity contribution is 0.474. The van der Waals surface area contributed by atoms with Crippen molar-refractivity contribution < 1.29 is 5.11 Å². The van der Waals surface area contributed by atoms with Crippen LogP contribution in [-0.2, 0) is 0 Å². The molecule has 0 aromatic heterocycles. The number of nitrogens with one attached hydrogen (secondary N) is 1. The SMILES string of the molecule is CC(C)Nc1cccccc1=NCCCN=Cc1ccccc1O. The number of rotatable bonds is 7. The zero-order chi connectivity index (χ0) is 17.2. The first-order valence-corrected chi connectivity index (χ1v) is 8.31. The number of hydrogen-bond acceptors (Lipinski definition) is 4. The van der Waals surface area contributed by atoms with E-state index in [1.54, 1.807) is 18.3 Å². The standard InChI is InChI=1S/C20H25N3O/c1-16(2)23-19-11-5-3-4-10-18(19)22-14-8-13-21-15-17-9-6-7-12-20(17)24/h3-7,9-12,15-16,24H,8,13-14H2,1-2H3,(H,22,23). The molecule has 0 amide bonds. The highest BCUT2D eigenvalue weighted by Crippen LogP contribution is 2.12. The van der Waals surface area contributed by atoms with Gasteiger partial charge in [-0.05, 0) is 44.5 Å². The first-order valence-electron chi connectivity index (χ1n) is 8.31. The number of hydrogen-bond donors (Lipinski definition) is 2. The molecule has 0 aliphatic carbocycles. The predicted molar refractivity (Wildman–Crippen MR) is 101 cm³/mol. The molecule has 0 spiro atoms. The van der Waals surface area contributed by atoms with Gasteiger partial charge >= 0.3 is 0 Å². The fourth-order valence-electron chi connectivity index (χ4n) is 2.23. The largest absolute Gasteiger partial charge is 0.507 e. The normalized spacial score (nSPS) is 12.0. The zero-order valence-corrected chi connectivity index (χ0v) is 14.3. The number of phenolic OH excluding ortho intramolecular Hbond substituents is 1. The van der Waals surface area contributed by atoms with Crippen LogP contribution in [-0.4, -0.2) is 30.5 Å². The lowest BCUT2D eigenvalue weighted by atomic mass is 10.2. The van der Waals surface area contributed by atoms with Crippen LogP contribution in [0.15, 0.2) is 64.6 Å². The molecule has 2 N–H and O–H groups in total. The van der Waals surface area contributed by atoms with E-state index in [9.17, 15) is 5.11 Å². The Morgan fingerprint density at radius 2 is 1.75 bits per heavy atom. The lowest BCUT2D eigenvalue weighted by Gasteiger charge is -2.08. The number of phenols is 1. The van der Waals surface area contributed by atoms with Crippen molar-refractivity contribution in [3.8, 4) is 5.75 Å². The molecule has 2 aromatic rings. The van der Waals surface area contributed by atoms with E-state index in [2.05, 4.69) is 35.2 Å². The van der Waals surface area contributed by atoms with Gasteiger partial charge in [0, 0.05) is 30.9 Å². The van der Waals surface area contributed by atoms with Gasteiger partial charge in [0.1, 0.15) is 5.75 Å². The Balaban J connectivity index is 1.93. The van der Waals surface area contributed by atoms with Crippen LogP contribution in [0.2, 0.25) is 0 Å². The van der Waals surface area contributed by atoms with Crippen molar-refractivity contribution in [1.82, 2.24) is 0 Å². The van der Waals surface area contributed by atoms with Gasteiger partial charge in [-0.2, -0.15) is 0 Å². The molecule has 0 saturated carbocycles. The molecule has 0 radical (unpaired) electrons. The van der Waals surface area contributed by atoms with Gasteiger partial charge in [-0.3, -0.25) is 9.98 Å². The van der Waals surface area contributed by atoms with Gasteiger partial charge in [0.2, 0.25) is 0 Å². The molecule has 0 saturated heterocycles. The van der Waals surface area contributed by atoms with Crippen molar-refractivity contribution in [3.05, 3.63) is 65.5 Å². The highest BCUT2D eigenvalue weighted by atomic mass is 16.3. The van der Waals surface area contributed by atoms with E-state index < -0.39 is 0 Å². The number of aromatic hydroxyl groups is 1. The molecule has 0 bridgehead atoms. The molecular weight excluding hydrogens is 298 g/mol. The van der Waals surface area contributed by atoms with Gasteiger partial charge < -0.3 is 10.4 Å². The summed E-state index contributed by atoms with van der Waals surface area (Å²) in [4.78, 5) is 9.03. The van der Waals surface area contributed by atoms with Crippen LogP contribution in [0.3, 0.4) is 0 Å². The minimum Gasteiger partial charge on any atom is -0.507 e. The smallest absolute Gasteiger partial charge is 0.124 e. The van der Waals surface area contributed by atoms with Gasteiger partial charge in [0.05, 0.1) is 11.0 Å². The van der Waals surface area contributed by atoms with Crippen LogP contribution >= 0.6 is 0 Å². The summed E-state index contributed by atoms with van der Waals surface area (Å²) in [6, 6.07) is 17.6. The number of aliphatic imine (C=N–C) groups is 1. The monoisotopic (exact) mass is 323 g/mol. The number of para-hydroxylation sites is 1. The second-order valence-electron chi connectivity index (χ2n) is 5.84. The van der Waals surface area contributed by atoms with Gasteiger partial charge in [-0.15, -0.1) is 0 Å². The Hall–Kier alpha value is -2.62. The molecule has 0 atom stereocenters. The van der Waals surface area contributed by atoms with Gasteiger partial charge in [0.25, 0.3) is 0 Å². The third-order valence-corrected chi connectivity index (χ3v) is 3.35. The Bertz CT molecular complexity index is 739. The van der Waals surface area contributed by atoms with E-state index in [0.717, 1.165) is 29.6 Å². The molecule has 2 rings (SSSR count). The van der Waals surface area contributed by atoms with Crippen LogP contribution in [0.4, 0.5) is 5.69 Å². The van der Waals surface area contributed by atoms with Crippen molar-refractivity contribution in [2.45, 2.75) is 26.3 Å². The van der Waals surface area contributed by atoms with E-state index in [4.69, 9.17) is 0 Å². The first-order chi connectivity index (χ1) is 11.7. The zero-order valence-electron chi connectivity index (χ0n) is 14.3. The lowest BCUT2D eigenvalue weighted by Crippen LogP contribution is -2.17. The molecule has 0 aliphatic rings. The number of benzene rings is 1. The highest BCUT2D eigenvalue weighted by Gasteiger charge is 1.97. The summed E-state index contributed by atoms with van der Waals surface area (Å²) in [5.74, 6) is 0.257. The van der Waals surface area contributed by atoms with Crippen LogP contribution in [0.5, 0.6) is 5.75 Å². The fraction of sp³-hybridized carbons (Fsp3) is 0.300. The average Bonchev–Trinajstić information content (AvgIpc) is 2.77.